The minimum Gasteiger partial charge on any atom is -0.298 e. The number of ketones is 1. The first kappa shape index (κ1) is 23.0. The Morgan fingerprint density at radius 2 is 1.22 bits per heavy atom. The number of benzene rings is 3. The zero-order chi connectivity index (χ0) is 26.3. The van der Waals surface area contributed by atoms with Crippen molar-refractivity contribution >= 4 is 40.1 Å². The second kappa shape index (κ2) is 7.56. The summed E-state index contributed by atoms with van der Waals surface area (Å²) in [5.41, 5.74) is 1.52. The molecule has 37 heavy (non-hydrogen) atoms. The summed E-state index contributed by atoms with van der Waals surface area (Å²) >= 11 is 0. The molecule has 1 saturated carbocycles. The van der Waals surface area contributed by atoms with E-state index in [4.69, 9.17) is 0 Å². The normalized spacial score (nSPS) is 28.3. The van der Waals surface area contributed by atoms with Gasteiger partial charge in [-0.1, -0.05) is 60.7 Å². The number of amides is 2. The molecule has 1 saturated heterocycles. The van der Waals surface area contributed by atoms with Crippen molar-refractivity contribution in [1.29, 1.82) is 0 Å². The molecule has 3 aromatic carbocycles. The van der Waals surface area contributed by atoms with Gasteiger partial charge in [0.15, 0.2) is 5.78 Å². The average molecular weight is 493 g/mol. The van der Waals surface area contributed by atoms with Crippen LogP contribution in [0.5, 0.6) is 0 Å². The van der Waals surface area contributed by atoms with E-state index in [1.165, 1.54) is 18.2 Å². The van der Waals surface area contributed by atoms with Crippen LogP contribution < -0.4 is 4.90 Å². The van der Waals surface area contributed by atoms with E-state index in [1.807, 2.05) is 60.7 Å². The molecule has 7 nitrogen and oxygen atoms in total. The fraction of sp³-hybridized carbons (Fsp3) is 0.233. The smallest absolute Gasteiger partial charge is 0.269 e. The Kier molecular flexibility index (Phi) is 4.70. The molecule has 184 valence electrons. The van der Waals surface area contributed by atoms with Crippen molar-refractivity contribution in [2.75, 3.05) is 4.90 Å². The number of hydrogen-bond donors (Lipinski definition) is 0. The van der Waals surface area contributed by atoms with Crippen LogP contribution in [-0.2, 0) is 14.4 Å². The summed E-state index contributed by atoms with van der Waals surface area (Å²) in [5, 5.41) is 11.2. The molecule has 7 heteroatoms. The van der Waals surface area contributed by atoms with Gasteiger partial charge < -0.3 is 0 Å². The Hall–Kier alpha value is -4.39. The topological polar surface area (TPSA) is 97.6 Å². The molecule has 2 bridgehead atoms. The Labute approximate surface area is 213 Å². The molecular weight excluding hydrogens is 468 g/mol. The van der Waals surface area contributed by atoms with Crippen molar-refractivity contribution in [3.63, 3.8) is 0 Å². The first-order chi connectivity index (χ1) is 17.6. The van der Waals surface area contributed by atoms with E-state index in [2.05, 4.69) is 0 Å². The molecule has 0 unspecified atom stereocenters. The molecule has 2 aliphatic carbocycles. The van der Waals surface area contributed by atoms with Crippen LogP contribution in [0, 0.1) is 39.7 Å². The van der Waals surface area contributed by atoms with Gasteiger partial charge in [0, 0.05) is 12.1 Å². The molecule has 6 rings (SSSR count). The second-order valence-electron chi connectivity index (χ2n) is 10.4. The van der Waals surface area contributed by atoms with Gasteiger partial charge in [-0.25, -0.2) is 4.90 Å². The van der Waals surface area contributed by atoms with Crippen molar-refractivity contribution in [3.8, 4) is 0 Å². The third kappa shape index (κ3) is 2.74. The lowest BCUT2D eigenvalue weighted by atomic mass is 9.63. The number of rotatable bonds is 4. The van der Waals surface area contributed by atoms with Gasteiger partial charge in [0.25, 0.3) is 5.69 Å². The lowest BCUT2D eigenvalue weighted by molar-refractivity contribution is -0.384. The van der Waals surface area contributed by atoms with E-state index in [-0.39, 0.29) is 11.5 Å². The minimum atomic E-state index is -1.21. The Bertz CT molecular complexity index is 1480. The molecule has 1 heterocycles. The summed E-state index contributed by atoms with van der Waals surface area (Å²) in [6.45, 7) is 5.24. The molecular formula is C30H24N2O5. The number of Topliss-reactive ketones (excluding diaryl/α,β-unsaturated/α-hetero) is 1. The summed E-state index contributed by atoms with van der Waals surface area (Å²) in [7, 11) is 0. The average Bonchev–Trinajstić information content (AvgIpc) is 3.34. The van der Waals surface area contributed by atoms with Crippen LogP contribution >= 0.6 is 0 Å². The van der Waals surface area contributed by atoms with Crippen molar-refractivity contribution in [1.82, 2.24) is 0 Å². The number of allylic oxidation sites excluding steroid dienone is 2. The second-order valence-corrected chi connectivity index (χ2v) is 10.4. The Balaban J connectivity index is 1.58. The van der Waals surface area contributed by atoms with Gasteiger partial charge in [-0.2, -0.15) is 0 Å². The molecule has 0 spiro atoms. The van der Waals surface area contributed by atoms with Crippen LogP contribution in [0.3, 0.4) is 0 Å². The highest BCUT2D eigenvalue weighted by atomic mass is 16.6. The predicted octanol–water partition coefficient (Wildman–Crippen LogP) is 5.23. The number of non-ortho nitro benzene ring substituents is 1. The number of nitro benzene ring substituents is 1. The number of imide groups is 1. The maximum atomic E-state index is 14.3. The van der Waals surface area contributed by atoms with E-state index >= 15 is 0 Å². The zero-order valence-corrected chi connectivity index (χ0v) is 20.6. The largest absolute Gasteiger partial charge is 0.298 e. The van der Waals surface area contributed by atoms with Crippen molar-refractivity contribution < 1.29 is 19.3 Å². The molecule has 0 aromatic heterocycles. The molecule has 2 fully saturated rings. The summed E-state index contributed by atoms with van der Waals surface area (Å²) < 4.78 is 0. The molecule has 3 aliphatic rings. The Morgan fingerprint density at radius 3 is 1.62 bits per heavy atom. The number of carbonyl (C=O) groups excluding carboxylic acids is 3. The number of fused-ring (bicyclic) bond motifs is 5. The lowest BCUT2D eigenvalue weighted by Crippen LogP contribution is -2.40. The molecule has 1 aliphatic heterocycles. The van der Waals surface area contributed by atoms with Crippen LogP contribution in [0.2, 0.25) is 0 Å². The van der Waals surface area contributed by atoms with Crippen molar-refractivity contribution in [3.05, 3.63) is 106 Å². The predicted molar refractivity (Wildman–Crippen MR) is 138 cm³/mol. The third-order valence-electron chi connectivity index (χ3n) is 8.54. The SMILES string of the molecule is Cc1cc([N+](=O)[O-])ccc1N1C(=O)[C@@H]2[C@@H](C1=O)[C@@]1(C)C(=O)[C@@]2(C)C(c2ccccc2)=C1c1ccccc1. The van der Waals surface area contributed by atoms with Crippen LogP contribution in [0.4, 0.5) is 11.4 Å². The third-order valence-corrected chi connectivity index (χ3v) is 8.54. The highest BCUT2D eigenvalue weighted by Crippen LogP contribution is 2.73. The van der Waals surface area contributed by atoms with Gasteiger partial charge >= 0.3 is 0 Å². The summed E-state index contributed by atoms with van der Waals surface area (Å²) in [6, 6.07) is 23.3. The number of carbonyl (C=O) groups is 3. The molecule has 0 radical (unpaired) electrons. The van der Waals surface area contributed by atoms with Gasteiger partial charge in [-0.15, -0.1) is 0 Å². The first-order valence-corrected chi connectivity index (χ1v) is 12.2. The number of nitrogens with zero attached hydrogens (tertiary/aromatic N) is 2. The lowest BCUT2D eigenvalue weighted by Gasteiger charge is -2.35. The maximum Gasteiger partial charge on any atom is 0.269 e. The fourth-order valence-electron chi connectivity index (χ4n) is 7.05. The standard InChI is InChI=1S/C30H24N2O5/c1-17-16-20(32(36)37)14-15-21(17)31-26(33)24-25(27(31)34)30(3)23(19-12-8-5-9-13-19)22(29(24,2)28(30)35)18-10-6-4-7-11-18/h4-16,24-25H,1-3H3/t24-,25-,29-,30-/m0/s1. The monoisotopic (exact) mass is 492 g/mol. The number of hydrogen-bond acceptors (Lipinski definition) is 5. The van der Waals surface area contributed by atoms with E-state index in [1.54, 1.807) is 20.8 Å². The zero-order valence-electron chi connectivity index (χ0n) is 20.6. The first-order valence-electron chi connectivity index (χ1n) is 12.2. The van der Waals surface area contributed by atoms with Crippen molar-refractivity contribution in [2.24, 2.45) is 22.7 Å². The highest BCUT2D eigenvalue weighted by molar-refractivity contribution is 6.34. The number of anilines is 1. The molecule has 0 N–H and O–H groups in total. The number of aryl methyl sites for hydroxylation is 1. The quantitative estimate of drug-likeness (QED) is 0.282. The van der Waals surface area contributed by atoms with Gasteiger partial charge in [0.05, 0.1) is 33.3 Å². The van der Waals surface area contributed by atoms with Gasteiger partial charge in [0.1, 0.15) is 0 Å². The van der Waals surface area contributed by atoms with Crippen LogP contribution in [-0.4, -0.2) is 22.5 Å². The van der Waals surface area contributed by atoms with Crippen molar-refractivity contribution in [2.45, 2.75) is 20.8 Å². The van der Waals surface area contributed by atoms with Gasteiger partial charge in [0.2, 0.25) is 11.8 Å². The van der Waals surface area contributed by atoms with Crippen LogP contribution in [0.1, 0.15) is 30.5 Å². The molecule has 2 amide bonds. The maximum absolute atomic E-state index is 14.3. The minimum absolute atomic E-state index is 0.116. The summed E-state index contributed by atoms with van der Waals surface area (Å²) in [6.07, 6.45) is 0. The summed E-state index contributed by atoms with van der Waals surface area (Å²) in [4.78, 5) is 54.3. The fourth-order valence-corrected chi connectivity index (χ4v) is 7.05. The van der Waals surface area contributed by atoms with Gasteiger partial charge in [-0.05, 0) is 54.7 Å². The molecule has 3 aromatic rings. The van der Waals surface area contributed by atoms with E-state index < -0.39 is 39.4 Å². The highest BCUT2D eigenvalue weighted by Gasteiger charge is 2.79. The van der Waals surface area contributed by atoms with Crippen LogP contribution in [0.15, 0.2) is 78.9 Å². The van der Waals surface area contributed by atoms with E-state index in [0.717, 1.165) is 27.2 Å². The van der Waals surface area contributed by atoms with E-state index in [0.29, 0.717) is 11.3 Å². The van der Waals surface area contributed by atoms with Gasteiger partial charge in [-0.3, -0.25) is 24.5 Å². The summed E-state index contributed by atoms with van der Waals surface area (Å²) in [5.74, 6) is -2.72. The van der Waals surface area contributed by atoms with E-state index in [9.17, 15) is 24.5 Å². The Morgan fingerprint density at radius 1 is 0.757 bits per heavy atom. The number of nitro groups is 1. The van der Waals surface area contributed by atoms with Crippen LogP contribution in [0.25, 0.3) is 11.1 Å². The molecule has 4 atom stereocenters.